The topological polar surface area (TPSA) is 93.4 Å². The fraction of sp³-hybridized carbons (Fsp3) is 0.152. The Balaban J connectivity index is 1.23. The number of hydrogen-bond acceptors (Lipinski definition) is 7. The molecule has 1 aromatic heterocycles. The van der Waals surface area contributed by atoms with Crippen LogP contribution in [-0.2, 0) is 17.9 Å². The molecule has 1 amide bonds. The van der Waals surface area contributed by atoms with Crippen LogP contribution in [0.15, 0.2) is 118 Å². The van der Waals surface area contributed by atoms with E-state index in [2.05, 4.69) is 61.0 Å². The SMILES string of the molecule is Cc1ccc(NCc2nnc(S[C@H](C)C(=O)N/N=C/c3ccccc3OCc3cccc(Br)c3)n2-c2ccccc2)cc1. The van der Waals surface area contributed by atoms with Crippen LogP contribution in [0.1, 0.15) is 29.4 Å². The molecule has 43 heavy (non-hydrogen) atoms. The number of thioether (sulfide) groups is 1. The molecule has 5 rings (SSSR count). The van der Waals surface area contributed by atoms with Crippen molar-refractivity contribution >= 4 is 45.5 Å². The largest absolute Gasteiger partial charge is 0.488 e. The molecule has 0 aliphatic heterocycles. The van der Waals surface area contributed by atoms with Crippen molar-refractivity contribution in [3.63, 3.8) is 0 Å². The summed E-state index contributed by atoms with van der Waals surface area (Å²) in [5.41, 5.74) is 7.56. The predicted molar refractivity (Wildman–Crippen MR) is 176 cm³/mol. The number of aromatic nitrogens is 3. The Kier molecular flexibility index (Phi) is 10.2. The zero-order valence-electron chi connectivity index (χ0n) is 23.8. The van der Waals surface area contributed by atoms with Crippen LogP contribution in [0.5, 0.6) is 5.75 Å². The molecule has 0 bridgehead atoms. The average molecular weight is 656 g/mol. The lowest BCUT2D eigenvalue weighted by Crippen LogP contribution is -2.27. The molecular weight excluding hydrogens is 624 g/mol. The third-order valence-electron chi connectivity index (χ3n) is 6.45. The Morgan fingerprint density at radius 2 is 1.77 bits per heavy atom. The van der Waals surface area contributed by atoms with Crippen LogP contribution in [0.4, 0.5) is 5.69 Å². The molecule has 0 aliphatic rings. The average Bonchev–Trinajstić information content (AvgIpc) is 3.42. The summed E-state index contributed by atoms with van der Waals surface area (Å²) >= 11 is 4.81. The van der Waals surface area contributed by atoms with Gasteiger partial charge < -0.3 is 10.1 Å². The monoisotopic (exact) mass is 654 g/mol. The van der Waals surface area contributed by atoms with Gasteiger partial charge in [0.2, 0.25) is 0 Å². The minimum absolute atomic E-state index is 0.254. The zero-order chi connectivity index (χ0) is 30.0. The number of anilines is 1. The first-order valence-corrected chi connectivity index (χ1v) is 15.4. The standard InChI is InChI=1S/C33H31BrN6O2S/c1-23-15-17-28(18-16-23)35-21-31-37-39-33(40(31)29-12-4-3-5-13-29)43-24(2)32(41)38-36-20-26-10-6-7-14-30(26)42-22-25-9-8-11-27(34)19-25/h3-20,24,35H,21-22H2,1-2H3,(H,38,41)/b36-20+/t24-/m1/s1. The Morgan fingerprint density at radius 1 is 1.00 bits per heavy atom. The molecule has 0 saturated heterocycles. The minimum Gasteiger partial charge on any atom is -0.488 e. The molecule has 5 aromatic rings. The molecule has 1 heterocycles. The number of benzene rings is 4. The first-order chi connectivity index (χ1) is 21.0. The highest BCUT2D eigenvalue weighted by atomic mass is 79.9. The van der Waals surface area contributed by atoms with E-state index in [0.717, 1.165) is 32.8 Å². The van der Waals surface area contributed by atoms with Gasteiger partial charge in [-0.3, -0.25) is 9.36 Å². The van der Waals surface area contributed by atoms with Gasteiger partial charge in [0.05, 0.1) is 18.0 Å². The molecule has 0 aliphatic carbocycles. The molecular formula is C33H31BrN6O2S. The molecule has 0 unspecified atom stereocenters. The summed E-state index contributed by atoms with van der Waals surface area (Å²) in [6.45, 7) is 4.76. The molecule has 0 saturated carbocycles. The first kappa shape index (κ1) is 30.1. The van der Waals surface area contributed by atoms with Crippen molar-refractivity contribution in [1.29, 1.82) is 0 Å². The number of ether oxygens (including phenoxy) is 1. The number of para-hydroxylation sites is 2. The van der Waals surface area contributed by atoms with Gasteiger partial charge in [-0.15, -0.1) is 10.2 Å². The molecule has 2 N–H and O–H groups in total. The fourth-order valence-electron chi connectivity index (χ4n) is 4.15. The lowest BCUT2D eigenvalue weighted by atomic mass is 10.2. The number of amides is 1. The van der Waals surface area contributed by atoms with Crippen molar-refractivity contribution in [2.45, 2.75) is 37.4 Å². The van der Waals surface area contributed by atoms with Gasteiger partial charge in [0.1, 0.15) is 12.4 Å². The maximum atomic E-state index is 13.0. The van der Waals surface area contributed by atoms with E-state index in [1.807, 2.05) is 102 Å². The number of aryl methyl sites for hydroxylation is 1. The van der Waals surface area contributed by atoms with Crippen molar-refractivity contribution in [2.75, 3.05) is 5.32 Å². The van der Waals surface area contributed by atoms with Crippen LogP contribution in [0.25, 0.3) is 5.69 Å². The lowest BCUT2D eigenvalue weighted by Gasteiger charge is -2.13. The molecule has 10 heteroatoms. The van der Waals surface area contributed by atoms with Gasteiger partial charge in [0.15, 0.2) is 11.0 Å². The number of carbonyl (C=O) groups excluding carboxylic acids is 1. The third-order valence-corrected chi connectivity index (χ3v) is 7.99. The highest BCUT2D eigenvalue weighted by Crippen LogP contribution is 2.26. The zero-order valence-corrected chi connectivity index (χ0v) is 26.2. The smallest absolute Gasteiger partial charge is 0.253 e. The number of nitrogens with one attached hydrogen (secondary N) is 2. The van der Waals surface area contributed by atoms with E-state index in [1.54, 1.807) is 6.21 Å². The molecule has 0 fully saturated rings. The van der Waals surface area contributed by atoms with Crippen molar-refractivity contribution < 1.29 is 9.53 Å². The van der Waals surface area contributed by atoms with E-state index in [4.69, 9.17) is 4.74 Å². The first-order valence-electron chi connectivity index (χ1n) is 13.7. The van der Waals surface area contributed by atoms with Gasteiger partial charge in [-0.2, -0.15) is 5.10 Å². The van der Waals surface area contributed by atoms with Crippen LogP contribution in [0.2, 0.25) is 0 Å². The van der Waals surface area contributed by atoms with Gasteiger partial charge in [-0.05, 0) is 67.9 Å². The third kappa shape index (κ3) is 8.33. The van der Waals surface area contributed by atoms with E-state index in [-0.39, 0.29) is 5.91 Å². The van der Waals surface area contributed by atoms with Gasteiger partial charge in [0, 0.05) is 21.4 Å². The van der Waals surface area contributed by atoms with E-state index < -0.39 is 5.25 Å². The number of carbonyl (C=O) groups is 1. The van der Waals surface area contributed by atoms with E-state index in [0.29, 0.717) is 24.1 Å². The summed E-state index contributed by atoms with van der Waals surface area (Å²) in [4.78, 5) is 13.0. The number of halogens is 1. The summed E-state index contributed by atoms with van der Waals surface area (Å²) in [5, 5.41) is 16.6. The van der Waals surface area contributed by atoms with Crippen LogP contribution in [-0.4, -0.2) is 32.1 Å². The highest BCUT2D eigenvalue weighted by Gasteiger charge is 2.21. The number of hydrogen-bond donors (Lipinski definition) is 2. The Hall–Kier alpha value is -4.41. The van der Waals surface area contributed by atoms with Crippen molar-refractivity contribution in [3.8, 4) is 11.4 Å². The molecule has 1 atom stereocenters. The summed E-state index contributed by atoms with van der Waals surface area (Å²) < 4.78 is 8.99. The lowest BCUT2D eigenvalue weighted by molar-refractivity contribution is -0.120. The fourth-order valence-corrected chi connectivity index (χ4v) is 5.48. The van der Waals surface area contributed by atoms with Gasteiger partial charge >= 0.3 is 0 Å². The number of hydrazone groups is 1. The van der Waals surface area contributed by atoms with Crippen molar-refractivity contribution in [3.05, 3.63) is 130 Å². The maximum Gasteiger partial charge on any atom is 0.253 e. The van der Waals surface area contributed by atoms with E-state index >= 15 is 0 Å². The van der Waals surface area contributed by atoms with Crippen LogP contribution >= 0.6 is 27.7 Å². The summed E-state index contributed by atoms with van der Waals surface area (Å²) in [5.74, 6) is 1.15. The van der Waals surface area contributed by atoms with Crippen LogP contribution < -0.4 is 15.5 Å². The predicted octanol–water partition coefficient (Wildman–Crippen LogP) is 7.16. The van der Waals surface area contributed by atoms with Crippen molar-refractivity contribution in [2.24, 2.45) is 5.10 Å². The maximum absolute atomic E-state index is 13.0. The van der Waals surface area contributed by atoms with E-state index in [1.165, 1.54) is 17.3 Å². The Morgan fingerprint density at radius 3 is 2.56 bits per heavy atom. The number of nitrogens with zero attached hydrogens (tertiary/aromatic N) is 4. The van der Waals surface area contributed by atoms with E-state index in [9.17, 15) is 4.79 Å². The highest BCUT2D eigenvalue weighted by molar-refractivity contribution is 9.10. The second kappa shape index (κ2) is 14.7. The summed E-state index contributed by atoms with van der Waals surface area (Å²) in [6.07, 6.45) is 1.59. The summed E-state index contributed by atoms with van der Waals surface area (Å²) in [6, 6.07) is 33.6. The second-order valence-corrected chi connectivity index (χ2v) is 12.0. The van der Waals surface area contributed by atoms with Crippen LogP contribution in [0, 0.1) is 6.92 Å². The summed E-state index contributed by atoms with van der Waals surface area (Å²) in [7, 11) is 0. The quantitative estimate of drug-likeness (QED) is 0.0842. The van der Waals surface area contributed by atoms with Gasteiger partial charge in [0.25, 0.3) is 5.91 Å². The molecule has 4 aromatic carbocycles. The molecule has 0 radical (unpaired) electrons. The van der Waals surface area contributed by atoms with Crippen LogP contribution in [0.3, 0.4) is 0 Å². The second-order valence-electron chi connectivity index (χ2n) is 9.74. The van der Waals surface area contributed by atoms with Crippen molar-refractivity contribution in [1.82, 2.24) is 20.2 Å². The Bertz CT molecular complexity index is 1690. The normalized spacial score (nSPS) is 11.8. The van der Waals surface area contributed by atoms with Gasteiger partial charge in [-0.25, -0.2) is 5.43 Å². The molecule has 8 nitrogen and oxygen atoms in total. The molecule has 218 valence electrons. The minimum atomic E-state index is -0.482. The Labute approximate surface area is 263 Å². The number of rotatable bonds is 12. The molecule has 0 spiro atoms. The van der Waals surface area contributed by atoms with Gasteiger partial charge in [-0.1, -0.05) is 87.9 Å².